The Kier molecular flexibility index (Phi) is 6.85. The lowest BCUT2D eigenvalue weighted by atomic mass is 9.97. The van der Waals surface area contributed by atoms with Crippen LogP contribution in [0.25, 0.3) is 5.57 Å². The van der Waals surface area contributed by atoms with Crippen LogP contribution in [-0.2, 0) is 23.8 Å². The Morgan fingerprint density at radius 1 is 1.21 bits per heavy atom. The highest BCUT2D eigenvalue weighted by Gasteiger charge is 2.36. The van der Waals surface area contributed by atoms with Crippen molar-refractivity contribution < 1.29 is 23.8 Å². The number of cyclic esters (lactones) is 1. The van der Waals surface area contributed by atoms with E-state index in [0.29, 0.717) is 19.6 Å². The molecule has 1 aliphatic heterocycles. The van der Waals surface area contributed by atoms with Crippen molar-refractivity contribution in [2.75, 3.05) is 13.2 Å². The summed E-state index contributed by atoms with van der Waals surface area (Å²) in [6.45, 7) is 4.64. The Bertz CT molecular complexity index is 591. The molecular weight excluding hydrogens is 308 g/mol. The Morgan fingerprint density at radius 2 is 1.96 bits per heavy atom. The number of carbonyl (C=O) groups excluding carboxylic acids is 2. The van der Waals surface area contributed by atoms with E-state index in [9.17, 15) is 9.59 Å². The van der Waals surface area contributed by atoms with E-state index in [1.165, 1.54) is 0 Å². The molecule has 0 radical (unpaired) electrons. The molecule has 0 amide bonds. The fourth-order valence-electron chi connectivity index (χ4n) is 2.57. The fraction of sp³-hybridized carbons (Fsp3) is 0.474. The summed E-state index contributed by atoms with van der Waals surface area (Å²) in [5.74, 6) is -0.483. The van der Waals surface area contributed by atoms with Gasteiger partial charge in [-0.1, -0.05) is 43.7 Å². The average molecular weight is 332 g/mol. The van der Waals surface area contributed by atoms with Crippen LogP contribution in [0.5, 0.6) is 0 Å². The molecule has 1 aromatic rings. The van der Waals surface area contributed by atoms with Crippen molar-refractivity contribution in [1.29, 1.82) is 0 Å². The van der Waals surface area contributed by atoms with Crippen molar-refractivity contribution in [3.05, 3.63) is 41.7 Å². The summed E-state index contributed by atoms with van der Waals surface area (Å²) in [4.78, 5) is 23.8. The second-order valence-electron chi connectivity index (χ2n) is 5.55. The van der Waals surface area contributed by atoms with Gasteiger partial charge in [0.25, 0.3) is 0 Å². The quantitative estimate of drug-likeness (QED) is 0.512. The summed E-state index contributed by atoms with van der Waals surface area (Å²) >= 11 is 0. The molecule has 0 spiro atoms. The maximum absolute atomic E-state index is 12.2. The summed E-state index contributed by atoms with van der Waals surface area (Å²) in [7, 11) is 0. The first-order valence-corrected chi connectivity index (χ1v) is 8.46. The van der Waals surface area contributed by atoms with Crippen LogP contribution in [-0.4, -0.2) is 31.3 Å². The van der Waals surface area contributed by atoms with Gasteiger partial charge in [-0.25, -0.2) is 4.79 Å². The number of carbonyl (C=O) groups is 2. The van der Waals surface area contributed by atoms with Gasteiger partial charge in [0.1, 0.15) is 6.10 Å². The highest BCUT2D eigenvalue weighted by molar-refractivity contribution is 6.01. The Labute approximate surface area is 142 Å². The minimum atomic E-state index is -0.485. The molecule has 5 nitrogen and oxygen atoms in total. The van der Waals surface area contributed by atoms with Gasteiger partial charge in [-0.05, 0) is 25.3 Å². The summed E-state index contributed by atoms with van der Waals surface area (Å²) < 4.78 is 16.1. The first-order chi connectivity index (χ1) is 11.7. The average Bonchev–Trinajstić information content (AvgIpc) is 2.90. The van der Waals surface area contributed by atoms with Crippen molar-refractivity contribution in [2.45, 2.75) is 45.6 Å². The molecule has 1 unspecified atom stereocenters. The van der Waals surface area contributed by atoms with Crippen LogP contribution in [0.4, 0.5) is 0 Å². The maximum Gasteiger partial charge on any atom is 0.374 e. The highest BCUT2D eigenvalue weighted by Crippen LogP contribution is 2.34. The first-order valence-electron chi connectivity index (χ1n) is 8.46. The van der Waals surface area contributed by atoms with Crippen LogP contribution in [0.15, 0.2) is 36.1 Å². The normalized spacial score (nSPS) is 16.9. The summed E-state index contributed by atoms with van der Waals surface area (Å²) in [6.07, 6.45) is 1.95. The number of unbranched alkanes of at least 4 members (excludes halogenated alkanes) is 1. The molecule has 0 N–H and O–H groups in total. The topological polar surface area (TPSA) is 61.8 Å². The smallest absolute Gasteiger partial charge is 0.374 e. The maximum atomic E-state index is 12.2. The van der Waals surface area contributed by atoms with Gasteiger partial charge in [0.15, 0.2) is 0 Å². The number of hydrogen-bond acceptors (Lipinski definition) is 5. The highest BCUT2D eigenvalue weighted by atomic mass is 16.6. The number of ether oxygens (including phenoxy) is 3. The van der Waals surface area contributed by atoms with Gasteiger partial charge in [-0.2, -0.15) is 0 Å². The van der Waals surface area contributed by atoms with Crippen LogP contribution in [0.2, 0.25) is 0 Å². The van der Waals surface area contributed by atoms with Crippen molar-refractivity contribution >= 4 is 17.5 Å². The van der Waals surface area contributed by atoms with Gasteiger partial charge in [0.2, 0.25) is 5.76 Å². The summed E-state index contributed by atoms with van der Waals surface area (Å²) in [5, 5.41) is 0. The van der Waals surface area contributed by atoms with Crippen molar-refractivity contribution in [2.24, 2.45) is 0 Å². The predicted octanol–water partition coefficient (Wildman–Crippen LogP) is 3.48. The summed E-state index contributed by atoms with van der Waals surface area (Å²) in [6, 6.07) is 9.54. The van der Waals surface area contributed by atoms with E-state index in [1.54, 1.807) is 6.92 Å². The minimum absolute atomic E-state index is 0.199. The van der Waals surface area contributed by atoms with Crippen molar-refractivity contribution in [1.82, 2.24) is 0 Å². The van der Waals surface area contributed by atoms with Crippen LogP contribution in [0.1, 0.15) is 45.1 Å². The largest absolute Gasteiger partial charge is 0.486 e. The second-order valence-corrected chi connectivity index (χ2v) is 5.55. The van der Waals surface area contributed by atoms with E-state index >= 15 is 0 Å². The Morgan fingerprint density at radius 3 is 2.62 bits per heavy atom. The standard InChI is InChI=1S/C19H24O5/c1-3-5-13-23-18-17(14-9-7-6-8-10-14)15(24-19(18)21)11-12-16(20)22-4-2/h6-10,15H,3-5,11-13H2,1-2H3. The third-order valence-electron chi connectivity index (χ3n) is 3.75. The molecule has 1 aliphatic rings. The van der Waals surface area contributed by atoms with Gasteiger partial charge in [0.05, 0.1) is 13.2 Å². The van der Waals surface area contributed by atoms with E-state index in [0.717, 1.165) is 24.0 Å². The van der Waals surface area contributed by atoms with Gasteiger partial charge in [0, 0.05) is 12.0 Å². The molecule has 0 fully saturated rings. The lowest BCUT2D eigenvalue weighted by Gasteiger charge is -2.13. The second kappa shape index (κ2) is 9.11. The van der Waals surface area contributed by atoms with Crippen LogP contribution >= 0.6 is 0 Å². The first kappa shape index (κ1) is 18.0. The van der Waals surface area contributed by atoms with E-state index in [2.05, 4.69) is 6.92 Å². The van der Waals surface area contributed by atoms with Gasteiger partial charge in [-0.15, -0.1) is 0 Å². The van der Waals surface area contributed by atoms with Gasteiger partial charge < -0.3 is 14.2 Å². The minimum Gasteiger partial charge on any atom is -0.486 e. The molecule has 130 valence electrons. The van der Waals surface area contributed by atoms with E-state index in [4.69, 9.17) is 14.2 Å². The van der Waals surface area contributed by atoms with Gasteiger partial charge in [-0.3, -0.25) is 4.79 Å². The summed E-state index contributed by atoms with van der Waals surface area (Å²) in [5.41, 5.74) is 1.60. The molecule has 0 saturated heterocycles. The van der Waals surface area contributed by atoms with Crippen molar-refractivity contribution in [3.63, 3.8) is 0 Å². The Hall–Kier alpha value is -2.30. The molecule has 2 rings (SSSR count). The SMILES string of the molecule is CCCCOC1=C(c2ccccc2)C(CCC(=O)OCC)OC1=O. The Balaban J connectivity index is 2.20. The monoisotopic (exact) mass is 332 g/mol. The van der Waals surface area contributed by atoms with E-state index in [1.807, 2.05) is 30.3 Å². The zero-order valence-electron chi connectivity index (χ0n) is 14.2. The molecule has 0 aromatic heterocycles. The van der Waals surface area contributed by atoms with Crippen LogP contribution in [0, 0.1) is 0 Å². The third kappa shape index (κ3) is 4.60. The predicted molar refractivity (Wildman–Crippen MR) is 90.0 cm³/mol. The van der Waals surface area contributed by atoms with E-state index < -0.39 is 12.1 Å². The van der Waals surface area contributed by atoms with Crippen molar-refractivity contribution in [3.8, 4) is 0 Å². The lowest BCUT2D eigenvalue weighted by Crippen LogP contribution is -2.14. The van der Waals surface area contributed by atoms with Crippen LogP contribution < -0.4 is 0 Å². The molecule has 1 heterocycles. The molecular formula is C19H24O5. The number of hydrogen-bond donors (Lipinski definition) is 0. The number of benzene rings is 1. The van der Waals surface area contributed by atoms with Gasteiger partial charge >= 0.3 is 11.9 Å². The zero-order valence-corrected chi connectivity index (χ0v) is 14.2. The lowest BCUT2D eigenvalue weighted by molar-refractivity contribution is -0.147. The molecule has 0 bridgehead atoms. The molecule has 1 atom stereocenters. The van der Waals surface area contributed by atoms with E-state index in [-0.39, 0.29) is 18.1 Å². The number of esters is 2. The number of rotatable bonds is 9. The molecule has 5 heteroatoms. The molecule has 24 heavy (non-hydrogen) atoms. The zero-order chi connectivity index (χ0) is 17.4. The van der Waals surface area contributed by atoms with Crippen LogP contribution in [0.3, 0.4) is 0 Å². The molecule has 0 aliphatic carbocycles. The molecule has 0 saturated carbocycles. The molecule has 1 aromatic carbocycles. The third-order valence-corrected chi connectivity index (χ3v) is 3.75. The fourth-order valence-corrected chi connectivity index (χ4v) is 2.57.